The highest BCUT2D eigenvalue weighted by atomic mass is 16.5. The maximum Gasteiger partial charge on any atom is 0.307 e. The van der Waals surface area contributed by atoms with Crippen LogP contribution in [0.4, 0.5) is 5.95 Å². The van der Waals surface area contributed by atoms with Crippen molar-refractivity contribution < 1.29 is 4.85 Å². The van der Waals surface area contributed by atoms with Gasteiger partial charge in [-0.3, -0.25) is 5.01 Å². The summed E-state index contributed by atoms with van der Waals surface area (Å²) in [5.74, 6) is 5.62. The van der Waals surface area contributed by atoms with E-state index in [4.69, 9.17) is 5.84 Å². The smallest absolute Gasteiger partial charge is 0.307 e. The third-order valence-corrected chi connectivity index (χ3v) is 1.80. The summed E-state index contributed by atoms with van der Waals surface area (Å²) in [7, 11) is 1.57. The van der Waals surface area contributed by atoms with Crippen molar-refractivity contribution in [1.82, 2.24) is 10.1 Å². The van der Waals surface area contributed by atoms with E-state index in [1.165, 1.54) is 5.01 Å². The quantitative estimate of drug-likeness (QED) is 0.286. The van der Waals surface area contributed by atoms with E-state index in [2.05, 4.69) is 10.1 Å². The lowest BCUT2D eigenvalue weighted by Crippen LogP contribution is -2.37. The summed E-state index contributed by atoms with van der Waals surface area (Å²) in [5.41, 5.74) is 1.00. The first kappa shape index (κ1) is 8.64. The lowest BCUT2D eigenvalue weighted by Gasteiger charge is -2.08. The molecule has 14 heavy (non-hydrogen) atoms. The van der Waals surface area contributed by atoms with Crippen LogP contribution in [-0.2, 0) is 0 Å². The lowest BCUT2D eigenvalue weighted by molar-refractivity contribution is -0.641. The van der Waals surface area contributed by atoms with E-state index in [9.17, 15) is 5.21 Å². The Balaban J connectivity index is 2.72. The number of benzene rings is 1. The standard InChI is InChI=1S/C8H9N5O/c1-12(9)8-10-6-4-2-3-5-7(6)13(14)11-8/h2-5H,9H2,1H3. The minimum absolute atomic E-state index is 0.193. The van der Waals surface area contributed by atoms with Crippen molar-refractivity contribution in [2.45, 2.75) is 0 Å². The highest BCUT2D eigenvalue weighted by Crippen LogP contribution is 2.07. The molecule has 0 aliphatic heterocycles. The number of para-hydroxylation sites is 2. The summed E-state index contributed by atoms with van der Waals surface area (Å²) in [6.45, 7) is 0. The van der Waals surface area contributed by atoms with Crippen LogP contribution in [0.3, 0.4) is 0 Å². The molecule has 0 spiro atoms. The van der Waals surface area contributed by atoms with Crippen LogP contribution >= 0.6 is 0 Å². The molecule has 0 bridgehead atoms. The minimum Gasteiger partial charge on any atom is -0.594 e. The summed E-state index contributed by atoms with van der Waals surface area (Å²) >= 11 is 0. The van der Waals surface area contributed by atoms with Gasteiger partial charge in [-0.1, -0.05) is 12.1 Å². The molecule has 1 heterocycles. The average molecular weight is 191 g/mol. The first-order valence-corrected chi connectivity index (χ1v) is 4.03. The van der Waals surface area contributed by atoms with Crippen molar-refractivity contribution in [3.8, 4) is 0 Å². The normalized spacial score (nSPS) is 10.4. The molecule has 0 amide bonds. The van der Waals surface area contributed by atoms with E-state index in [0.717, 1.165) is 0 Å². The molecule has 2 rings (SSSR count). The second kappa shape index (κ2) is 3.08. The molecule has 0 radical (unpaired) electrons. The van der Waals surface area contributed by atoms with Crippen molar-refractivity contribution in [1.29, 1.82) is 0 Å². The van der Waals surface area contributed by atoms with Crippen LogP contribution in [0.15, 0.2) is 24.3 Å². The minimum atomic E-state index is 0.193. The van der Waals surface area contributed by atoms with Gasteiger partial charge in [0.25, 0.3) is 5.52 Å². The van der Waals surface area contributed by atoms with Gasteiger partial charge in [-0.05, 0) is 10.9 Å². The second-order valence-electron chi connectivity index (χ2n) is 2.88. The molecular weight excluding hydrogens is 182 g/mol. The Labute approximate surface area is 80.1 Å². The fraction of sp³-hybridized carbons (Fsp3) is 0.125. The van der Waals surface area contributed by atoms with Crippen LogP contribution in [0.25, 0.3) is 11.0 Å². The molecule has 0 aliphatic carbocycles. The largest absolute Gasteiger partial charge is 0.594 e. The monoisotopic (exact) mass is 191 g/mol. The zero-order valence-electron chi connectivity index (χ0n) is 7.58. The Morgan fingerprint density at radius 1 is 1.43 bits per heavy atom. The van der Waals surface area contributed by atoms with Crippen molar-refractivity contribution in [3.63, 3.8) is 0 Å². The molecule has 0 unspecified atom stereocenters. The predicted molar refractivity (Wildman–Crippen MR) is 51.1 cm³/mol. The fourth-order valence-corrected chi connectivity index (χ4v) is 1.14. The van der Waals surface area contributed by atoms with Gasteiger partial charge in [-0.15, -0.1) is 0 Å². The first-order chi connectivity index (χ1) is 6.68. The number of hydrogen-bond acceptors (Lipinski definition) is 5. The maximum absolute atomic E-state index is 11.4. The van der Waals surface area contributed by atoms with E-state index >= 15 is 0 Å². The maximum atomic E-state index is 11.4. The lowest BCUT2D eigenvalue weighted by atomic mass is 10.3. The van der Waals surface area contributed by atoms with Crippen molar-refractivity contribution in [3.05, 3.63) is 29.5 Å². The molecule has 2 aromatic rings. The Kier molecular flexibility index (Phi) is 1.90. The van der Waals surface area contributed by atoms with Crippen LogP contribution in [0.2, 0.25) is 0 Å². The van der Waals surface area contributed by atoms with Crippen molar-refractivity contribution in [2.24, 2.45) is 5.84 Å². The molecule has 1 aromatic carbocycles. The Bertz CT molecular complexity index is 470. The van der Waals surface area contributed by atoms with E-state index in [0.29, 0.717) is 15.9 Å². The van der Waals surface area contributed by atoms with Crippen LogP contribution in [-0.4, -0.2) is 17.1 Å². The van der Waals surface area contributed by atoms with Gasteiger partial charge in [0.2, 0.25) is 0 Å². The van der Waals surface area contributed by atoms with Crippen LogP contribution in [0.5, 0.6) is 0 Å². The average Bonchev–Trinajstić information content (AvgIpc) is 2.17. The van der Waals surface area contributed by atoms with Crippen LogP contribution < -0.4 is 15.7 Å². The van der Waals surface area contributed by atoms with Gasteiger partial charge >= 0.3 is 5.95 Å². The van der Waals surface area contributed by atoms with E-state index in [1.807, 2.05) is 0 Å². The third kappa shape index (κ3) is 1.31. The van der Waals surface area contributed by atoms with Crippen molar-refractivity contribution >= 4 is 17.0 Å². The summed E-state index contributed by atoms with van der Waals surface area (Å²) in [6.07, 6.45) is 0. The summed E-state index contributed by atoms with van der Waals surface area (Å²) in [6, 6.07) is 6.95. The van der Waals surface area contributed by atoms with Gasteiger partial charge in [0.05, 0.1) is 5.10 Å². The molecule has 72 valence electrons. The van der Waals surface area contributed by atoms with Gasteiger partial charge in [0, 0.05) is 13.1 Å². The molecule has 0 aliphatic rings. The molecular formula is C8H9N5O. The second-order valence-corrected chi connectivity index (χ2v) is 2.88. The number of hydrogen-bond donors (Lipinski definition) is 1. The zero-order valence-corrected chi connectivity index (χ0v) is 7.58. The highest BCUT2D eigenvalue weighted by molar-refractivity contribution is 5.71. The highest BCUT2D eigenvalue weighted by Gasteiger charge is 2.10. The van der Waals surface area contributed by atoms with Crippen LogP contribution in [0, 0.1) is 5.21 Å². The van der Waals surface area contributed by atoms with E-state index < -0.39 is 0 Å². The number of nitrogens with two attached hydrogens (primary N) is 1. The van der Waals surface area contributed by atoms with Gasteiger partial charge < -0.3 is 5.21 Å². The number of fused-ring (bicyclic) bond motifs is 1. The Hall–Kier alpha value is -1.95. The molecule has 0 atom stereocenters. The SMILES string of the molecule is CN(N)c1nc2ccccc2[n+]([O-])n1. The van der Waals surface area contributed by atoms with Gasteiger partial charge in [0.15, 0.2) is 0 Å². The molecule has 0 saturated heterocycles. The predicted octanol–water partition coefficient (Wildman–Crippen LogP) is -0.427. The van der Waals surface area contributed by atoms with E-state index in [-0.39, 0.29) is 5.95 Å². The number of hydrazine groups is 1. The van der Waals surface area contributed by atoms with Crippen molar-refractivity contribution in [2.75, 3.05) is 12.1 Å². The number of aromatic nitrogens is 3. The summed E-state index contributed by atoms with van der Waals surface area (Å²) < 4.78 is 0. The van der Waals surface area contributed by atoms with Gasteiger partial charge in [-0.2, -0.15) is 0 Å². The molecule has 0 saturated carbocycles. The molecule has 0 fully saturated rings. The molecule has 6 heteroatoms. The Morgan fingerprint density at radius 3 is 2.86 bits per heavy atom. The zero-order chi connectivity index (χ0) is 10.1. The van der Waals surface area contributed by atoms with Crippen LogP contribution in [0.1, 0.15) is 0 Å². The third-order valence-electron chi connectivity index (χ3n) is 1.80. The summed E-state index contributed by atoms with van der Waals surface area (Å²) in [5, 5.41) is 16.2. The molecule has 6 nitrogen and oxygen atoms in total. The summed E-state index contributed by atoms with van der Waals surface area (Å²) in [4.78, 5) is 4.62. The number of nitrogens with zero attached hydrogens (tertiary/aromatic N) is 4. The topological polar surface area (TPSA) is 82.0 Å². The molecule has 1 aromatic heterocycles. The van der Waals surface area contributed by atoms with Gasteiger partial charge in [-0.25, -0.2) is 10.8 Å². The fourth-order valence-electron chi connectivity index (χ4n) is 1.14. The van der Waals surface area contributed by atoms with Gasteiger partial charge in [0.1, 0.15) is 5.52 Å². The van der Waals surface area contributed by atoms with E-state index in [1.54, 1.807) is 31.3 Å². The molecule has 2 N–H and O–H groups in total. The number of rotatable bonds is 1. The Morgan fingerprint density at radius 2 is 2.14 bits per heavy atom. The number of anilines is 1. The first-order valence-electron chi connectivity index (χ1n) is 4.03.